The van der Waals surface area contributed by atoms with Crippen molar-refractivity contribution in [1.29, 1.82) is 0 Å². The number of carbonyl (C=O) groups excluding carboxylic acids is 3. The number of amides is 3. The van der Waals surface area contributed by atoms with E-state index in [1.54, 1.807) is 4.90 Å². The molecule has 7 aliphatic rings. The van der Waals surface area contributed by atoms with Crippen molar-refractivity contribution in [3.63, 3.8) is 0 Å². The van der Waals surface area contributed by atoms with E-state index in [0.717, 1.165) is 89.7 Å². The molecule has 0 radical (unpaired) electrons. The Kier molecular flexibility index (Phi) is 13.5. The van der Waals surface area contributed by atoms with Crippen LogP contribution in [0.1, 0.15) is 142 Å². The summed E-state index contributed by atoms with van der Waals surface area (Å²) in [6.07, 6.45) is 24.1. The van der Waals surface area contributed by atoms with Gasteiger partial charge in [-0.1, -0.05) is 37.3 Å². The first-order valence-electron chi connectivity index (χ1n) is 22.0. The van der Waals surface area contributed by atoms with Crippen LogP contribution in [0, 0.1) is 29.6 Å². The number of hydrogen-bond acceptors (Lipinski definition) is 7. The van der Waals surface area contributed by atoms with Crippen molar-refractivity contribution in [3.05, 3.63) is 11.1 Å². The number of nitrogens with zero attached hydrogens (tertiary/aromatic N) is 3. The van der Waals surface area contributed by atoms with Gasteiger partial charge in [0.1, 0.15) is 6.04 Å². The number of carbonyl (C=O) groups is 3. The van der Waals surface area contributed by atoms with E-state index in [-0.39, 0.29) is 29.7 Å². The molecule has 3 aliphatic heterocycles. The van der Waals surface area contributed by atoms with Gasteiger partial charge >= 0.3 is 0 Å². The molecular formula is C43H70N4O5. The zero-order chi connectivity index (χ0) is 36.0. The number of ether oxygens (including phenoxy) is 1. The number of piperazine rings is 1. The van der Waals surface area contributed by atoms with Gasteiger partial charge in [-0.15, -0.1) is 0 Å². The second-order valence-electron chi connectivity index (χ2n) is 17.9. The van der Waals surface area contributed by atoms with Crippen molar-refractivity contribution < 1.29 is 24.2 Å². The highest BCUT2D eigenvalue weighted by atomic mass is 16.5. The van der Waals surface area contributed by atoms with Crippen molar-refractivity contribution in [1.82, 2.24) is 20.0 Å². The van der Waals surface area contributed by atoms with Gasteiger partial charge < -0.3 is 19.6 Å². The number of rotatable bonds is 12. The maximum Gasteiger partial charge on any atom is 0.249 e. The molecule has 292 valence electrons. The summed E-state index contributed by atoms with van der Waals surface area (Å²) >= 11 is 0. The Balaban J connectivity index is 0.792. The lowest BCUT2D eigenvalue weighted by Gasteiger charge is -2.42. The molecule has 3 heterocycles. The highest BCUT2D eigenvalue weighted by molar-refractivity contribution is 6.02. The summed E-state index contributed by atoms with van der Waals surface area (Å²) in [5, 5.41) is 12.7. The molecule has 3 amide bonds. The second kappa shape index (κ2) is 18.2. The molecule has 0 aromatic carbocycles. The summed E-state index contributed by atoms with van der Waals surface area (Å²) < 4.78 is 6.52. The fraction of sp³-hybridized carbons (Fsp3) is 0.884. The van der Waals surface area contributed by atoms with Gasteiger partial charge in [0.05, 0.1) is 12.2 Å². The van der Waals surface area contributed by atoms with Gasteiger partial charge in [0.25, 0.3) is 0 Å². The van der Waals surface area contributed by atoms with Crippen LogP contribution >= 0.6 is 0 Å². The molecule has 4 saturated carbocycles. The van der Waals surface area contributed by atoms with E-state index in [9.17, 15) is 19.5 Å². The minimum absolute atomic E-state index is 0.0482. The third-order valence-electron chi connectivity index (χ3n) is 14.8. The third-order valence-corrected chi connectivity index (χ3v) is 14.8. The summed E-state index contributed by atoms with van der Waals surface area (Å²) in [4.78, 5) is 44.4. The SMILES string of the molecule is CC/C(=C(\C1CCC(O)CC1)C1CCC(OCCCCN2CCN(C3CCC4C(=O)N([C@H]5CCC(=O)NC5=O)CC4C3)CC2)CC1)C1CCCCC1. The molecule has 4 aliphatic carbocycles. The molecule has 0 aromatic heterocycles. The molecule has 0 spiro atoms. The van der Waals surface area contributed by atoms with Crippen LogP contribution in [0.5, 0.6) is 0 Å². The highest BCUT2D eigenvalue weighted by Crippen LogP contribution is 2.46. The average molecular weight is 723 g/mol. The van der Waals surface area contributed by atoms with E-state index in [1.807, 2.05) is 11.1 Å². The Labute approximate surface area is 314 Å². The first-order valence-corrected chi connectivity index (χ1v) is 22.0. The summed E-state index contributed by atoms with van der Waals surface area (Å²) in [6.45, 7) is 9.57. The normalized spacial score (nSPS) is 36.4. The van der Waals surface area contributed by atoms with E-state index in [0.29, 0.717) is 43.4 Å². The van der Waals surface area contributed by atoms with Gasteiger partial charge in [-0.2, -0.15) is 0 Å². The second-order valence-corrected chi connectivity index (χ2v) is 17.9. The first kappa shape index (κ1) is 38.5. The number of nitrogens with one attached hydrogen (secondary N) is 1. The van der Waals surface area contributed by atoms with Crippen LogP contribution < -0.4 is 5.32 Å². The molecule has 7 rings (SSSR count). The van der Waals surface area contributed by atoms with Crippen molar-refractivity contribution in [2.45, 2.75) is 166 Å². The van der Waals surface area contributed by atoms with Gasteiger partial charge in [0.2, 0.25) is 17.7 Å². The molecule has 7 fully saturated rings. The molecule has 0 aromatic rings. The molecule has 9 nitrogen and oxygen atoms in total. The van der Waals surface area contributed by atoms with E-state index in [4.69, 9.17) is 4.74 Å². The molecule has 9 heteroatoms. The van der Waals surface area contributed by atoms with E-state index >= 15 is 0 Å². The minimum Gasteiger partial charge on any atom is -0.393 e. The number of aliphatic hydroxyl groups is 1. The summed E-state index contributed by atoms with van der Waals surface area (Å²) in [5.74, 6) is 2.25. The standard InChI is InChI=1S/C43H70N4O5/c1-2-37(30-8-4-3-5-9-30)41(31-10-15-35(48)16-11-31)32-12-17-36(18-13-32)52-27-7-6-22-45-23-25-46(26-24-45)34-14-19-38-33(28-34)29-47(43(38)51)39-20-21-40(49)44-42(39)50/h30-36,38-39,48H,2-29H2,1H3,(H,44,49,50)/b41-37-/t31?,32?,33?,34?,35?,36?,38?,39-/m0/s1. The quantitative estimate of drug-likeness (QED) is 0.140. The fourth-order valence-corrected chi connectivity index (χ4v) is 11.9. The average Bonchev–Trinajstić information content (AvgIpc) is 3.50. The Morgan fingerprint density at radius 1 is 0.788 bits per heavy atom. The molecule has 4 atom stereocenters. The van der Waals surface area contributed by atoms with Crippen LogP contribution in [0.25, 0.3) is 0 Å². The maximum absolute atomic E-state index is 13.2. The maximum atomic E-state index is 13.2. The van der Waals surface area contributed by atoms with Gasteiger partial charge in [-0.05, 0) is 139 Å². The van der Waals surface area contributed by atoms with Gasteiger partial charge in [-0.25, -0.2) is 0 Å². The summed E-state index contributed by atoms with van der Waals surface area (Å²) in [5.41, 5.74) is 3.69. The lowest BCUT2D eigenvalue weighted by atomic mass is 9.68. The Morgan fingerprint density at radius 3 is 2.19 bits per heavy atom. The zero-order valence-corrected chi connectivity index (χ0v) is 32.4. The Hall–Kier alpha value is -1.81. The molecular weight excluding hydrogens is 652 g/mol. The van der Waals surface area contributed by atoms with E-state index in [1.165, 1.54) is 83.5 Å². The molecule has 3 unspecified atom stereocenters. The molecule has 2 N–H and O–H groups in total. The van der Waals surface area contributed by atoms with Crippen LogP contribution in [0.4, 0.5) is 0 Å². The predicted molar refractivity (Wildman–Crippen MR) is 203 cm³/mol. The lowest BCUT2D eigenvalue weighted by Crippen LogP contribution is -2.53. The third kappa shape index (κ3) is 9.17. The number of hydrogen-bond donors (Lipinski definition) is 2. The van der Waals surface area contributed by atoms with Crippen molar-refractivity contribution in [2.75, 3.05) is 45.9 Å². The monoisotopic (exact) mass is 723 g/mol. The lowest BCUT2D eigenvalue weighted by molar-refractivity contribution is -0.144. The van der Waals surface area contributed by atoms with Crippen molar-refractivity contribution >= 4 is 17.7 Å². The van der Waals surface area contributed by atoms with Crippen LogP contribution in [0.15, 0.2) is 11.1 Å². The van der Waals surface area contributed by atoms with Crippen LogP contribution in [-0.4, -0.2) is 108 Å². The van der Waals surface area contributed by atoms with E-state index in [2.05, 4.69) is 22.0 Å². The van der Waals surface area contributed by atoms with Crippen molar-refractivity contribution in [3.8, 4) is 0 Å². The fourth-order valence-electron chi connectivity index (χ4n) is 11.9. The smallest absolute Gasteiger partial charge is 0.249 e. The molecule has 3 saturated heterocycles. The number of unbranched alkanes of at least 4 members (excludes halogenated alkanes) is 1. The van der Waals surface area contributed by atoms with E-state index < -0.39 is 6.04 Å². The first-order chi connectivity index (χ1) is 25.4. The zero-order valence-electron chi connectivity index (χ0n) is 32.4. The van der Waals surface area contributed by atoms with Gasteiger partial charge in [0, 0.05) is 57.7 Å². The Bertz CT molecular complexity index is 1240. The number of fused-ring (bicyclic) bond motifs is 1. The Morgan fingerprint density at radius 2 is 1.50 bits per heavy atom. The number of likely N-dealkylation sites (tertiary alicyclic amines) is 1. The minimum atomic E-state index is -0.471. The number of imide groups is 1. The van der Waals surface area contributed by atoms with Gasteiger partial charge in [-0.3, -0.25) is 24.6 Å². The van der Waals surface area contributed by atoms with Crippen LogP contribution in [0.3, 0.4) is 0 Å². The molecule has 52 heavy (non-hydrogen) atoms. The van der Waals surface area contributed by atoms with Crippen LogP contribution in [0.2, 0.25) is 0 Å². The topological polar surface area (TPSA) is 102 Å². The number of piperidine rings is 1. The number of allylic oxidation sites excluding steroid dienone is 2. The summed E-state index contributed by atoms with van der Waals surface area (Å²) in [7, 11) is 0. The van der Waals surface area contributed by atoms with Crippen molar-refractivity contribution in [2.24, 2.45) is 29.6 Å². The van der Waals surface area contributed by atoms with Gasteiger partial charge in [0.15, 0.2) is 0 Å². The summed E-state index contributed by atoms with van der Waals surface area (Å²) in [6, 6.07) is 0.0613. The largest absolute Gasteiger partial charge is 0.393 e. The van der Waals surface area contributed by atoms with Crippen LogP contribution in [-0.2, 0) is 19.1 Å². The molecule has 0 bridgehead atoms. The highest BCUT2D eigenvalue weighted by Gasteiger charge is 2.49. The predicted octanol–water partition coefficient (Wildman–Crippen LogP) is 6.23. The number of aliphatic hydroxyl groups excluding tert-OH is 1.